The summed E-state index contributed by atoms with van der Waals surface area (Å²) in [5, 5.41) is 0. The molecule has 0 amide bonds. The van der Waals surface area contributed by atoms with Gasteiger partial charge in [0.05, 0.1) is 14.2 Å². The number of halogens is 3. The normalized spacial score (nSPS) is 12.3. The largest absolute Gasteiger partial charge is 0.511 e. The lowest BCUT2D eigenvalue weighted by Gasteiger charge is -2.11. The van der Waals surface area contributed by atoms with Gasteiger partial charge in [-0.25, -0.2) is 13.1 Å². The molecule has 5 nitrogen and oxygen atoms in total. The van der Waals surface area contributed by atoms with E-state index in [0.29, 0.717) is 17.1 Å². The molecular formula is C10H12F3NO4S. The Kier molecular flexibility index (Phi) is 4.64. The molecule has 0 aromatic heterocycles. The topological polar surface area (TPSA) is 64.6 Å². The lowest BCUT2D eigenvalue weighted by atomic mass is 10.2. The van der Waals surface area contributed by atoms with Crippen LogP contribution in [0.2, 0.25) is 0 Å². The van der Waals surface area contributed by atoms with Crippen molar-refractivity contribution in [3.8, 4) is 11.5 Å². The summed E-state index contributed by atoms with van der Waals surface area (Å²) < 4.78 is 69.3. The van der Waals surface area contributed by atoms with Crippen LogP contribution in [0.1, 0.15) is 5.56 Å². The zero-order chi connectivity index (χ0) is 14.7. The van der Waals surface area contributed by atoms with E-state index in [2.05, 4.69) is 0 Å². The van der Waals surface area contributed by atoms with Gasteiger partial charge in [0.15, 0.2) is 11.5 Å². The van der Waals surface area contributed by atoms with Crippen LogP contribution < -0.4 is 14.2 Å². The molecule has 0 fully saturated rings. The molecule has 0 saturated heterocycles. The number of rotatable bonds is 5. The van der Waals surface area contributed by atoms with E-state index in [4.69, 9.17) is 9.47 Å². The fourth-order valence-corrected chi connectivity index (χ4v) is 1.77. The number of ether oxygens (including phenoxy) is 2. The Bertz CT molecular complexity index is 542. The minimum absolute atomic E-state index is 0.297. The summed E-state index contributed by atoms with van der Waals surface area (Å²) in [6, 6.07) is 4.29. The van der Waals surface area contributed by atoms with Crippen LogP contribution in [0.5, 0.6) is 11.5 Å². The van der Waals surface area contributed by atoms with Gasteiger partial charge in [-0.05, 0) is 17.7 Å². The zero-order valence-electron chi connectivity index (χ0n) is 10.1. The molecular weight excluding hydrogens is 287 g/mol. The van der Waals surface area contributed by atoms with Gasteiger partial charge in [0.2, 0.25) is 0 Å². The monoisotopic (exact) mass is 299 g/mol. The van der Waals surface area contributed by atoms with Crippen molar-refractivity contribution in [1.82, 2.24) is 4.72 Å². The Morgan fingerprint density at radius 2 is 1.74 bits per heavy atom. The smallest absolute Gasteiger partial charge is 0.493 e. The van der Waals surface area contributed by atoms with Crippen molar-refractivity contribution >= 4 is 10.0 Å². The van der Waals surface area contributed by atoms with Crippen molar-refractivity contribution in [2.24, 2.45) is 0 Å². The van der Waals surface area contributed by atoms with Crippen LogP contribution in [0.4, 0.5) is 13.2 Å². The van der Waals surface area contributed by atoms with Crippen LogP contribution in [0.15, 0.2) is 18.2 Å². The van der Waals surface area contributed by atoms with Crippen molar-refractivity contribution in [1.29, 1.82) is 0 Å². The van der Waals surface area contributed by atoms with E-state index in [9.17, 15) is 21.6 Å². The molecule has 0 atom stereocenters. The predicted molar refractivity (Wildman–Crippen MR) is 61.4 cm³/mol. The molecule has 0 bridgehead atoms. The van der Waals surface area contributed by atoms with Crippen LogP contribution in [-0.2, 0) is 16.6 Å². The second kappa shape index (κ2) is 5.66. The van der Waals surface area contributed by atoms with Crippen molar-refractivity contribution < 1.29 is 31.1 Å². The minimum atomic E-state index is -5.35. The molecule has 0 heterocycles. The third kappa shape index (κ3) is 3.74. The number of hydrogen-bond acceptors (Lipinski definition) is 4. The Balaban J connectivity index is 2.85. The van der Waals surface area contributed by atoms with Crippen LogP contribution in [0.3, 0.4) is 0 Å². The highest BCUT2D eigenvalue weighted by molar-refractivity contribution is 7.90. The minimum Gasteiger partial charge on any atom is -0.493 e. The first-order valence-corrected chi connectivity index (χ1v) is 6.46. The molecule has 1 aromatic carbocycles. The SMILES string of the molecule is COc1ccc(CNS(=O)(=O)C(F)(F)F)cc1OC. The van der Waals surface area contributed by atoms with Crippen molar-refractivity contribution in [3.63, 3.8) is 0 Å². The molecule has 108 valence electrons. The van der Waals surface area contributed by atoms with Gasteiger partial charge in [-0.15, -0.1) is 0 Å². The summed E-state index contributed by atoms with van der Waals surface area (Å²) in [6.07, 6.45) is 0. The molecule has 0 radical (unpaired) electrons. The molecule has 0 aliphatic rings. The van der Waals surface area contributed by atoms with Crippen LogP contribution in [0, 0.1) is 0 Å². The van der Waals surface area contributed by atoms with Gasteiger partial charge in [0.25, 0.3) is 0 Å². The maximum absolute atomic E-state index is 12.1. The average Bonchev–Trinajstić information content (AvgIpc) is 2.34. The van der Waals surface area contributed by atoms with E-state index in [-0.39, 0.29) is 0 Å². The van der Waals surface area contributed by atoms with E-state index in [1.54, 1.807) is 0 Å². The summed E-state index contributed by atoms with van der Waals surface area (Å²) in [4.78, 5) is 0. The predicted octanol–water partition coefficient (Wildman–Crippen LogP) is 1.64. The van der Waals surface area contributed by atoms with Gasteiger partial charge in [-0.2, -0.15) is 13.2 Å². The lowest BCUT2D eigenvalue weighted by molar-refractivity contribution is -0.0448. The molecule has 9 heteroatoms. The first-order chi connectivity index (χ1) is 8.71. The van der Waals surface area contributed by atoms with Gasteiger partial charge >= 0.3 is 15.5 Å². The van der Waals surface area contributed by atoms with E-state index in [1.165, 1.54) is 37.1 Å². The highest BCUT2D eigenvalue weighted by atomic mass is 32.2. The second-order valence-electron chi connectivity index (χ2n) is 3.46. The molecule has 1 N–H and O–H groups in total. The lowest BCUT2D eigenvalue weighted by Crippen LogP contribution is -2.35. The Morgan fingerprint density at radius 1 is 1.16 bits per heavy atom. The van der Waals surface area contributed by atoms with Crippen molar-refractivity contribution in [3.05, 3.63) is 23.8 Å². The third-order valence-corrected chi connectivity index (χ3v) is 3.35. The number of methoxy groups -OCH3 is 2. The molecule has 1 rings (SSSR count). The first kappa shape index (κ1) is 15.6. The Morgan fingerprint density at radius 3 is 2.21 bits per heavy atom. The number of alkyl halides is 3. The summed E-state index contributed by atoms with van der Waals surface area (Å²) >= 11 is 0. The van der Waals surface area contributed by atoms with Gasteiger partial charge < -0.3 is 9.47 Å². The van der Waals surface area contributed by atoms with Crippen LogP contribution in [0.25, 0.3) is 0 Å². The fourth-order valence-electron chi connectivity index (χ4n) is 1.25. The molecule has 0 aliphatic carbocycles. The van der Waals surface area contributed by atoms with E-state index in [0.717, 1.165) is 0 Å². The molecule has 0 spiro atoms. The number of sulfonamides is 1. The summed E-state index contributed by atoms with van der Waals surface area (Å²) in [5.41, 5.74) is -5.02. The molecule has 19 heavy (non-hydrogen) atoms. The fraction of sp³-hybridized carbons (Fsp3) is 0.400. The quantitative estimate of drug-likeness (QED) is 0.898. The summed E-state index contributed by atoms with van der Waals surface area (Å²) in [7, 11) is -2.58. The highest BCUT2D eigenvalue weighted by Gasteiger charge is 2.45. The number of benzene rings is 1. The van der Waals surface area contributed by atoms with Crippen LogP contribution in [-0.4, -0.2) is 28.1 Å². The van der Waals surface area contributed by atoms with Gasteiger partial charge in [-0.1, -0.05) is 6.07 Å². The third-order valence-electron chi connectivity index (χ3n) is 2.22. The zero-order valence-corrected chi connectivity index (χ0v) is 10.9. The maximum atomic E-state index is 12.1. The standard InChI is InChI=1S/C10H12F3NO4S/c1-17-8-4-3-7(5-9(8)18-2)6-14-19(15,16)10(11,12)13/h3-5,14H,6H2,1-2H3. The second-order valence-corrected chi connectivity index (χ2v) is 5.22. The van der Waals surface area contributed by atoms with Gasteiger partial charge in [-0.3, -0.25) is 0 Å². The molecule has 0 aliphatic heterocycles. The summed E-state index contributed by atoms with van der Waals surface area (Å²) in [5.74, 6) is 0.691. The number of nitrogens with one attached hydrogen (secondary N) is 1. The van der Waals surface area contributed by atoms with E-state index < -0.39 is 22.1 Å². The Labute approximate surface area is 108 Å². The van der Waals surface area contributed by atoms with Crippen molar-refractivity contribution in [2.75, 3.05) is 14.2 Å². The first-order valence-electron chi connectivity index (χ1n) is 4.98. The average molecular weight is 299 g/mol. The van der Waals surface area contributed by atoms with Gasteiger partial charge in [0, 0.05) is 6.54 Å². The molecule has 0 saturated carbocycles. The number of hydrogen-bond donors (Lipinski definition) is 1. The maximum Gasteiger partial charge on any atom is 0.511 e. The van der Waals surface area contributed by atoms with Crippen LogP contribution >= 0.6 is 0 Å². The van der Waals surface area contributed by atoms with E-state index in [1.807, 2.05) is 0 Å². The van der Waals surface area contributed by atoms with Gasteiger partial charge in [0.1, 0.15) is 0 Å². The van der Waals surface area contributed by atoms with E-state index >= 15 is 0 Å². The van der Waals surface area contributed by atoms with Crippen molar-refractivity contribution in [2.45, 2.75) is 12.1 Å². The molecule has 0 unspecified atom stereocenters. The highest BCUT2D eigenvalue weighted by Crippen LogP contribution is 2.28. The summed E-state index contributed by atoms with van der Waals surface area (Å²) in [6.45, 7) is -0.498. The Hall–Kier alpha value is -1.48. The molecule has 1 aromatic rings.